The Morgan fingerprint density at radius 1 is 1.65 bits per heavy atom. The lowest BCUT2D eigenvalue weighted by Crippen LogP contribution is -2.27. The van der Waals surface area contributed by atoms with Gasteiger partial charge in [0.2, 0.25) is 0 Å². The summed E-state index contributed by atoms with van der Waals surface area (Å²) < 4.78 is 12.0. The van der Waals surface area contributed by atoms with Crippen molar-refractivity contribution in [2.24, 2.45) is 5.92 Å². The third-order valence-corrected chi connectivity index (χ3v) is 2.82. The molecule has 20 heavy (non-hydrogen) atoms. The Bertz CT molecular complexity index is 592. The molecule has 0 fully saturated rings. The van der Waals surface area contributed by atoms with Crippen LogP contribution in [-0.4, -0.2) is 22.1 Å². The van der Waals surface area contributed by atoms with Crippen molar-refractivity contribution >= 4 is 11.8 Å². The second-order valence-electron chi connectivity index (χ2n) is 4.78. The van der Waals surface area contributed by atoms with Crippen molar-refractivity contribution in [3.05, 3.63) is 34.6 Å². The first-order valence-corrected chi connectivity index (χ1v) is 6.34. The third kappa shape index (κ3) is 3.17. The molecule has 1 aliphatic rings. The second-order valence-corrected chi connectivity index (χ2v) is 4.78. The highest BCUT2D eigenvalue weighted by Crippen LogP contribution is 2.25. The molecule has 0 aromatic carbocycles. The molecule has 0 radical (unpaired) electrons. The molecule has 7 heteroatoms. The molecule has 2 rings (SSSR count). The predicted molar refractivity (Wildman–Crippen MR) is 71.5 cm³/mol. The average molecular weight is 279 g/mol. The minimum atomic E-state index is -0.469. The third-order valence-electron chi connectivity index (χ3n) is 2.82. The van der Waals surface area contributed by atoms with Crippen molar-refractivity contribution in [3.63, 3.8) is 0 Å². The first-order valence-electron chi connectivity index (χ1n) is 6.34. The van der Waals surface area contributed by atoms with Crippen LogP contribution in [0.15, 0.2) is 28.9 Å². The summed E-state index contributed by atoms with van der Waals surface area (Å²) in [5.41, 5.74) is 4.96. The fraction of sp³-hybridized carbons (Fsp3) is 0.462. The van der Waals surface area contributed by atoms with Crippen LogP contribution >= 0.6 is 0 Å². The lowest BCUT2D eigenvalue weighted by molar-refractivity contribution is -0.147. The number of nitrogens with two attached hydrogens (primary N) is 1. The van der Waals surface area contributed by atoms with Gasteiger partial charge in [0, 0.05) is 12.6 Å². The molecule has 2 heterocycles. The van der Waals surface area contributed by atoms with Crippen molar-refractivity contribution < 1.29 is 14.3 Å². The molecule has 0 bridgehead atoms. The van der Waals surface area contributed by atoms with E-state index in [1.54, 1.807) is 19.9 Å². The summed E-state index contributed by atoms with van der Waals surface area (Å²) in [6.45, 7) is 3.59. The molecule has 1 aliphatic heterocycles. The summed E-state index contributed by atoms with van der Waals surface area (Å²) in [4.78, 5) is 26.7. The van der Waals surface area contributed by atoms with E-state index in [-0.39, 0.29) is 24.3 Å². The number of esters is 1. The molecule has 1 aromatic rings. The summed E-state index contributed by atoms with van der Waals surface area (Å²) in [6.07, 6.45) is 3.37. The molecule has 1 aromatic heterocycles. The summed E-state index contributed by atoms with van der Waals surface area (Å²) in [5, 5.41) is 0. The first kappa shape index (κ1) is 14.1. The van der Waals surface area contributed by atoms with Gasteiger partial charge in [0.15, 0.2) is 6.23 Å². The molecular formula is C13H17N3O4. The van der Waals surface area contributed by atoms with Crippen LogP contribution in [-0.2, 0) is 14.3 Å². The monoisotopic (exact) mass is 279 g/mol. The number of rotatable bonds is 4. The summed E-state index contributed by atoms with van der Waals surface area (Å²) in [6, 6.07) is 1.53. The summed E-state index contributed by atoms with van der Waals surface area (Å²) >= 11 is 0. The number of nitrogen functional groups attached to an aromatic ring is 1. The number of hydrogen-bond donors (Lipinski definition) is 1. The standard InChI is InChI=1S/C13H17N3O4/c1-8(2)12(17)19-7-9-3-4-11(20-9)16-6-5-10(14)15-13(16)18/h3,5-6,8,11H,4,7H2,1-2H3,(H2,14,15,18)/t11-/m1/s1. The van der Waals surface area contributed by atoms with Gasteiger partial charge in [-0.25, -0.2) is 4.79 Å². The Morgan fingerprint density at radius 3 is 3.05 bits per heavy atom. The van der Waals surface area contributed by atoms with Gasteiger partial charge in [-0.3, -0.25) is 9.36 Å². The fourth-order valence-electron chi connectivity index (χ4n) is 1.72. The van der Waals surface area contributed by atoms with Crippen LogP contribution in [0.1, 0.15) is 26.5 Å². The molecule has 0 saturated carbocycles. The molecule has 1 atom stereocenters. The number of anilines is 1. The maximum atomic E-state index is 11.7. The number of hydrogen-bond acceptors (Lipinski definition) is 6. The lowest BCUT2D eigenvalue weighted by Gasteiger charge is -2.15. The highest BCUT2D eigenvalue weighted by atomic mass is 16.6. The van der Waals surface area contributed by atoms with Gasteiger partial charge in [0.1, 0.15) is 18.2 Å². The number of nitrogens with zero attached hydrogens (tertiary/aromatic N) is 2. The van der Waals surface area contributed by atoms with Crippen molar-refractivity contribution in [1.82, 2.24) is 9.55 Å². The largest absolute Gasteiger partial charge is 0.471 e. The van der Waals surface area contributed by atoms with E-state index >= 15 is 0 Å². The van der Waals surface area contributed by atoms with Gasteiger partial charge in [-0.15, -0.1) is 0 Å². The van der Waals surface area contributed by atoms with Gasteiger partial charge < -0.3 is 15.2 Å². The molecule has 0 amide bonds. The van der Waals surface area contributed by atoms with Gasteiger partial charge in [-0.2, -0.15) is 4.98 Å². The lowest BCUT2D eigenvalue weighted by atomic mass is 10.2. The quantitative estimate of drug-likeness (QED) is 0.820. The van der Waals surface area contributed by atoms with Crippen LogP contribution in [0.25, 0.3) is 0 Å². The molecule has 0 saturated heterocycles. The van der Waals surface area contributed by atoms with Crippen molar-refractivity contribution in [3.8, 4) is 0 Å². The first-order chi connectivity index (χ1) is 9.47. The number of carbonyl (C=O) groups excluding carboxylic acids is 1. The van der Waals surface area contributed by atoms with Crippen LogP contribution in [0, 0.1) is 5.92 Å². The zero-order chi connectivity index (χ0) is 14.7. The summed E-state index contributed by atoms with van der Waals surface area (Å²) in [5.74, 6) is 0.233. The van der Waals surface area contributed by atoms with E-state index in [2.05, 4.69) is 4.98 Å². The second kappa shape index (κ2) is 5.77. The fourth-order valence-corrected chi connectivity index (χ4v) is 1.72. The SMILES string of the molecule is CC(C)C(=O)OCC1=CC[C@H](n2ccc(N)nc2=O)O1. The van der Waals surface area contributed by atoms with Crippen LogP contribution in [0.2, 0.25) is 0 Å². The number of carbonyl (C=O) groups is 1. The van der Waals surface area contributed by atoms with E-state index in [9.17, 15) is 9.59 Å². The topological polar surface area (TPSA) is 96.4 Å². The number of aromatic nitrogens is 2. The van der Waals surface area contributed by atoms with E-state index in [4.69, 9.17) is 15.2 Å². The van der Waals surface area contributed by atoms with Crippen LogP contribution in [0.4, 0.5) is 5.82 Å². The maximum Gasteiger partial charge on any atom is 0.352 e. The molecule has 0 aliphatic carbocycles. The molecule has 0 spiro atoms. The Labute approximate surface area is 116 Å². The molecule has 2 N–H and O–H groups in total. The molecular weight excluding hydrogens is 262 g/mol. The van der Waals surface area contributed by atoms with E-state index < -0.39 is 11.9 Å². The molecule has 0 unspecified atom stereocenters. The smallest absolute Gasteiger partial charge is 0.352 e. The predicted octanol–water partition coefficient (Wildman–Crippen LogP) is 0.827. The van der Waals surface area contributed by atoms with E-state index in [0.717, 1.165) is 0 Å². The van der Waals surface area contributed by atoms with Crippen LogP contribution in [0.3, 0.4) is 0 Å². The minimum absolute atomic E-state index is 0.0741. The van der Waals surface area contributed by atoms with Gasteiger partial charge in [0.25, 0.3) is 0 Å². The molecule has 7 nitrogen and oxygen atoms in total. The normalized spacial score (nSPS) is 17.8. The Morgan fingerprint density at radius 2 is 2.40 bits per heavy atom. The van der Waals surface area contributed by atoms with E-state index in [1.807, 2.05) is 0 Å². The Kier molecular flexibility index (Phi) is 4.07. The van der Waals surface area contributed by atoms with E-state index in [0.29, 0.717) is 12.2 Å². The highest BCUT2D eigenvalue weighted by molar-refractivity contribution is 5.71. The number of ether oxygens (including phenoxy) is 2. The van der Waals surface area contributed by atoms with E-state index in [1.165, 1.54) is 16.8 Å². The van der Waals surface area contributed by atoms with Gasteiger partial charge in [-0.05, 0) is 12.1 Å². The van der Waals surface area contributed by atoms with Crippen LogP contribution in [0.5, 0.6) is 0 Å². The molecule has 108 valence electrons. The maximum absolute atomic E-state index is 11.7. The Balaban J connectivity index is 1.94. The van der Waals surface area contributed by atoms with Gasteiger partial charge in [0.05, 0.1) is 5.92 Å². The zero-order valence-corrected chi connectivity index (χ0v) is 11.4. The summed E-state index contributed by atoms with van der Waals surface area (Å²) in [7, 11) is 0. The average Bonchev–Trinajstić information content (AvgIpc) is 2.84. The van der Waals surface area contributed by atoms with Crippen LogP contribution < -0.4 is 11.4 Å². The Hall–Kier alpha value is -2.31. The van der Waals surface area contributed by atoms with Gasteiger partial charge >= 0.3 is 11.7 Å². The zero-order valence-electron chi connectivity index (χ0n) is 11.4. The highest BCUT2D eigenvalue weighted by Gasteiger charge is 2.22. The van der Waals surface area contributed by atoms with Crippen molar-refractivity contribution in [2.75, 3.05) is 12.3 Å². The van der Waals surface area contributed by atoms with Crippen molar-refractivity contribution in [1.29, 1.82) is 0 Å². The van der Waals surface area contributed by atoms with Gasteiger partial charge in [-0.1, -0.05) is 13.8 Å². The minimum Gasteiger partial charge on any atom is -0.471 e. The van der Waals surface area contributed by atoms with Crippen molar-refractivity contribution in [2.45, 2.75) is 26.5 Å².